The average molecular weight is 234 g/mol. The maximum absolute atomic E-state index is 11.2. The van der Waals surface area contributed by atoms with Crippen molar-refractivity contribution in [1.29, 1.82) is 0 Å². The molecule has 0 aromatic heterocycles. The van der Waals surface area contributed by atoms with Gasteiger partial charge in [0.2, 0.25) is 0 Å². The zero-order valence-corrected chi connectivity index (χ0v) is 10.6. The number of nitrogens with zero attached hydrogens (tertiary/aromatic N) is 2. The topological polar surface area (TPSA) is 32.8 Å². The number of likely N-dealkylation sites (N-methyl/N-ethyl adjacent to an activating group) is 2. The maximum Gasteiger partial charge on any atom is 0.325 e. The van der Waals surface area contributed by atoms with Crippen molar-refractivity contribution in [2.45, 2.75) is 6.42 Å². The van der Waals surface area contributed by atoms with E-state index >= 15 is 0 Å². The highest BCUT2D eigenvalue weighted by molar-refractivity contribution is 5.76. The van der Waals surface area contributed by atoms with Crippen molar-refractivity contribution in [2.75, 3.05) is 44.1 Å². The minimum Gasteiger partial charge on any atom is -0.468 e. The number of benzene rings is 1. The molecule has 0 fully saturated rings. The van der Waals surface area contributed by atoms with Gasteiger partial charge >= 0.3 is 5.97 Å². The highest BCUT2D eigenvalue weighted by Gasteiger charge is 2.17. The number of methoxy groups -OCH3 is 1. The number of ether oxygens (including phenoxy) is 1. The van der Waals surface area contributed by atoms with Crippen LogP contribution in [0.1, 0.15) is 5.56 Å². The Hall–Kier alpha value is -1.71. The lowest BCUT2D eigenvalue weighted by atomic mass is 10.1. The Bertz CT molecular complexity index is 431. The fourth-order valence-corrected chi connectivity index (χ4v) is 2.14. The fourth-order valence-electron chi connectivity index (χ4n) is 2.14. The molecule has 4 nitrogen and oxygen atoms in total. The third-order valence-corrected chi connectivity index (χ3v) is 3.23. The molecule has 0 aliphatic carbocycles. The molecule has 1 aromatic rings. The van der Waals surface area contributed by atoms with Gasteiger partial charge in [0.15, 0.2) is 0 Å². The Kier molecular flexibility index (Phi) is 3.22. The Balaban J connectivity index is 2.15. The van der Waals surface area contributed by atoms with Crippen LogP contribution in [0, 0.1) is 0 Å². The lowest BCUT2D eigenvalue weighted by Gasteiger charge is -2.19. The molecule has 0 unspecified atom stereocenters. The summed E-state index contributed by atoms with van der Waals surface area (Å²) in [5.41, 5.74) is 3.70. The van der Waals surface area contributed by atoms with Crippen molar-refractivity contribution in [3.8, 4) is 0 Å². The van der Waals surface area contributed by atoms with Gasteiger partial charge in [-0.05, 0) is 30.2 Å². The second-order valence-corrected chi connectivity index (χ2v) is 4.42. The second-order valence-electron chi connectivity index (χ2n) is 4.42. The van der Waals surface area contributed by atoms with E-state index in [9.17, 15) is 4.79 Å². The summed E-state index contributed by atoms with van der Waals surface area (Å²) in [6.45, 7) is 1.35. The van der Waals surface area contributed by atoms with E-state index in [1.165, 1.54) is 18.4 Å². The largest absolute Gasteiger partial charge is 0.468 e. The smallest absolute Gasteiger partial charge is 0.325 e. The van der Waals surface area contributed by atoms with E-state index in [-0.39, 0.29) is 12.5 Å². The van der Waals surface area contributed by atoms with E-state index in [0.29, 0.717) is 0 Å². The molecule has 4 heteroatoms. The number of rotatable bonds is 3. The molecular weight excluding hydrogens is 216 g/mol. The Morgan fingerprint density at radius 3 is 3.00 bits per heavy atom. The lowest BCUT2D eigenvalue weighted by Crippen LogP contribution is -2.26. The molecule has 1 heterocycles. The molecule has 0 bridgehead atoms. The van der Waals surface area contributed by atoms with Gasteiger partial charge in [0.25, 0.3) is 0 Å². The summed E-state index contributed by atoms with van der Waals surface area (Å²) >= 11 is 0. The van der Waals surface area contributed by atoms with Crippen LogP contribution in [0.5, 0.6) is 0 Å². The fraction of sp³-hybridized carbons (Fsp3) is 0.462. The highest BCUT2D eigenvalue weighted by atomic mass is 16.5. The maximum atomic E-state index is 11.2. The molecule has 0 amide bonds. The van der Waals surface area contributed by atoms with Crippen molar-refractivity contribution in [2.24, 2.45) is 0 Å². The first kappa shape index (κ1) is 11.8. The van der Waals surface area contributed by atoms with Crippen molar-refractivity contribution in [3.63, 3.8) is 0 Å². The van der Waals surface area contributed by atoms with E-state index < -0.39 is 0 Å². The zero-order valence-electron chi connectivity index (χ0n) is 10.6. The minimum absolute atomic E-state index is 0.217. The minimum atomic E-state index is -0.217. The van der Waals surface area contributed by atoms with Crippen LogP contribution in [-0.4, -0.2) is 40.3 Å². The number of hydrogen-bond acceptors (Lipinski definition) is 4. The molecule has 92 valence electrons. The summed E-state index contributed by atoms with van der Waals surface area (Å²) in [4.78, 5) is 15.4. The summed E-state index contributed by atoms with van der Waals surface area (Å²) in [5, 5.41) is 0. The quantitative estimate of drug-likeness (QED) is 0.738. The Morgan fingerprint density at radius 1 is 1.53 bits per heavy atom. The molecule has 1 aliphatic rings. The van der Waals surface area contributed by atoms with Gasteiger partial charge in [0.1, 0.15) is 6.54 Å². The first-order valence-electron chi connectivity index (χ1n) is 5.74. The van der Waals surface area contributed by atoms with E-state index in [2.05, 4.69) is 28.8 Å². The van der Waals surface area contributed by atoms with Crippen LogP contribution in [-0.2, 0) is 16.0 Å². The molecule has 1 aliphatic heterocycles. The van der Waals surface area contributed by atoms with Crippen LogP contribution in [0.3, 0.4) is 0 Å². The number of carbonyl (C=O) groups excluding carboxylic acids is 1. The molecule has 0 spiro atoms. The van der Waals surface area contributed by atoms with Crippen molar-refractivity contribution < 1.29 is 9.53 Å². The molecule has 0 radical (unpaired) electrons. The molecule has 1 aromatic carbocycles. The number of carbonyl (C=O) groups is 1. The monoisotopic (exact) mass is 234 g/mol. The van der Waals surface area contributed by atoms with Crippen LogP contribution < -0.4 is 9.80 Å². The summed E-state index contributed by atoms with van der Waals surface area (Å²) in [6.07, 6.45) is 1.08. The number of hydrogen-bond donors (Lipinski definition) is 0. The summed E-state index contributed by atoms with van der Waals surface area (Å²) < 4.78 is 4.66. The van der Waals surface area contributed by atoms with Crippen molar-refractivity contribution >= 4 is 17.3 Å². The Morgan fingerprint density at radius 2 is 2.29 bits per heavy atom. The lowest BCUT2D eigenvalue weighted by molar-refractivity contribution is -0.138. The molecular formula is C13H18N2O2. The molecule has 17 heavy (non-hydrogen) atoms. The van der Waals surface area contributed by atoms with Gasteiger partial charge in [-0.15, -0.1) is 0 Å². The summed E-state index contributed by atoms with van der Waals surface area (Å²) in [7, 11) is 5.41. The van der Waals surface area contributed by atoms with Gasteiger partial charge < -0.3 is 14.5 Å². The van der Waals surface area contributed by atoms with Crippen LogP contribution in [0.4, 0.5) is 11.4 Å². The molecule has 0 saturated carbocycles. The van der Waals surface area contributed by atoms with Gasteiger partial charge in [-0.2, -0.15) is 0 Å². The third kappa shape index (κ3) is 2.35. The molecule has 2 rings (SSSR count). The standard InChI is InChI=1S/C13H18N2O2/c1-14-7-6-10-8-11(4-5-12(10)14)15(2)9-13(16)17-3/h4-5,8H,6-7,9H2,1-3H3. The third-order valence-electron chi connectivity index (χ3n) is 3.23. The first-order chi connectivity index (χ1) is 8.11. The number of esters is 1. The normalized spacial score (nSPS) is 13.5. The number of fused-ring (bicyclic) bond motifs is 1. The van der Waals surface area contributed by atoms with Gasteiger partial charge in [0.05, 0.1) is 7.11 Å². The van der Waals surface area contributed by atoms with Gasteiger partial charge in [-0.25, -0.2) is 0 Å². The summed E-state index contributed by atoms with van der Waals surface area (Å²) in [5.74, 6) is -0.217. The van der Waals surface area contributed by atoms with Crippen LogP contribution in [0.25, 0.3) is 0 Å². The van der Waals surface area contributed by atoms with Crippen molar-refractivity contribution in [3.05, 3.63) is 23.8 Å². The molecule has 0 atom stereocenters. The second kappa shape index (κ2) is 4.65. The van der Waals surface area contributed by atoms with E-state index in [0.717, 1.165) is 18.7 Å². The van der Waals surface area contributed by atoms with E-state index in [1.54, 1.807) is 0 Å². The van der Waals surface area contributed by atoms with Gasteiger partial charge in [0, 0.05) is 32.0 Å². The predicted molar refractivity (Wildman–Crippen MR) is 68.7 cm³/mol. The first-order valence-corrected chi connectivity index (χ1v) is 5.74. The Labute approximate surface area is 102 Å². The predicted octanol–water partition coefficient (Wildman–Crippen LogP) is 1.29. The van der Waals surface area contributed by atoms with Crippen LogP contribution in [0.15, 0.2) is 18.2 Å². The number of anilines is 2. The van der Waals surface area contributed by atoms with Crippen LogP contribution in [0.2, 0.25) is 0 Å². The van der Waals surface area contributed by atoms with Gasteiger partial charge in [-0.3, -0.25) is 4.79 Å². The summed E-state index contributed by atoms with van der Waals surface area (Å²) in [6, 6.07) is 6.32. The average Bonchev–Trinajstić information content (AvgIpc) is 2.70. The van der Waals surface area contributed by atoms with Crippen molar-refractivity contribution in [1.82, 2.24) is 0 Å². The van der Waals surface area contributed by atoms with E-state index in [4.69, 9.17) is 0 Å². The molecule has 0 N–H and O–H groups in total. The van der Waals surface area contributed by atoms with Crippen LogP contribution >= 0.6 is 0 Å². The zero-order chi connectivity index (χ0) is 12.4. The SMILES string of the molecule is COC(=O)CN(C)c1ccc2c(c1)CCN2C. The molecule has 0 saturated heterocycles. The van der Waals surface area contributed by atoms with E-state index in [1.807, 2.05) is 18.0 Å². The van der Waals surface area contributed by atoms with Gasteiger partial charge in [-0.1, -0.05) is 0 Å². The highest BCUT2D eigenvalue weighted by Crippen LogP contribution is 2.30.